The maximum absolute atomic E-state index is 12.1. The zero-order valence-corrected chi connectivity index (χ0v) is 12.0. The van der Waals surface area contributed by atoms with E-state index in [-0.39, 0.29) is 5.78 Å². The van der Waals surface area contributed by atoms with Gasteiger partial charge in [0.1, 0.15) is 5.75 Å². The Morgan fingerprint density at radius 3 is 2.63 bits per heavy atom. The molecule has 0 aliphatic rings. The number of hydrogen-bond donors (Lipinski definition) is 0. The lowest BCUT2D eigenvalue weighted by Gasteiger charge is -2.06. The Hall–Kier alpha value is -1.45. The molecule has 4 heteroatoms. The van der Waals surface area contributed by atoms with Crippen molar-refractivity contribution in [1.82, 2.24) is 0 Å². The van der Waals surface area contributed by atoms with Crippen molar-refractivity contribution in [2.45, 2.75) is 4.90 Å². The maximum Gasteiger partial charge on any atom is 0.174 e. The zero-order chi connectivity index (χ0) is 13.7. The molecule has 98 valence electrons. The van der Waals surface area contributed by atoms with Crippen LogP contribution in [0.5, 0.6) is 5.75 Å². The summed E-state index contributed by atoms with van der Waals surface area (Å²) in [6.45, 7) is 0. The largest absolute Gasteiger partial charge is 0.497 e. The van der Waals surface area contributed by atoms with Crippen molar-refractivity contribution in [1.29, 1.82) is 0 Å². The highest BCUT2D eigenvalue weighted by atomic mass is 35.5. The van der Waals surface area contributed by atoms with Gasteiger partial charge < -0.3 is 4.74 Å². The zero-order valence-electron chi connectivity index (χ0n) is 10.4. The van der Waals surface area contributed by atoms with Gasteiger partial charge in [0.2, 0.25) is 0 Å². The molecule has 0 fully saturated rings. The molecule has 0 spiro atoms. The van der Waals surface area contributed by atoms with E-state index in [1.165, 1.54) is 11.8 Å². The number of methoxy groups -OCH3 is 1. The fraction of sp³-hybridized carbons (Fsp3) is 0.133. The van der Waals surface area contributed by atoms with E-state index in [1.54, 1.807) is 25.3 Å². The van der Waals surface area contributed by atoms with Crippen molar-refractivity contribution in [3.8, 4) is 5.75 Å². The summed E-state index contributed by atoms with van der Waals surface area (Å²) in [6.07, 6.45) is 0. The molecule has 0 aromatic heterocycles. The number of rotatable bonds is 5. The average molecular weight is 293 g/mol. The van der Waals surface area contributed by atoms with Gasteiger partial charge in [-0.2, -0.15) is 0 Å². The van der Waals surface area contributed by atoms with Crippen LogP contribution in [-0.4, -0.2) is 18.6 Å². The molecule has 0 bridgehead atoms. The third-order valence-electron chi connectivity index (χ3n) is 2.59. The summed E-state index contributed by atoms with van der Waals surface area (Å²) < 4.78 is 5.11. The Morgan fingerprint density at radius 2 is 1.95 bits per heavy atom. The first-order valence-electron chi connectivity index (χ1n) is 5.75. The monoisotopic (exact) mass is 292 g/mol. The highest BCUT2D eigenvalue weighted by Crippen LogP contribution is 2.25. The molecule has 0 saturated carbocycles. The van der Waals surface area contributed by atoms with E-state index >= 15 is 0 Å². The SMILES string of the molecule is COc1ccc(Cl)c(C(=O)CSc2ccccc2)c1. The molecule has 0 amide bonds. The van der Waals surface area contributed by atoms with Crippen LogP contribution in [0.3, 0.4) is 0 Å². The Bertz CT molecular complexity index is 570. The van der Waals surface area contributed by atoms with E-state index in [4.69, 9.17) is 16.3 Å². The van der Waals surface area contributed by atoms with Gasteiger partial charge in [0.25, 0.3) is 0 Å². The van der Waals surface area contributed by atoms with Crippen molar-refractivity contribution in [3.63, 3.8) is 0 Å². The molecule has 2 aromatic carbocycles. The second kappa shape index (κ2) is 6.64. The van der Waals surface area contributed by atoms with Crippen molar-refractivity contribution < 1.29 is 9.53 Å². The average Bonchev–Trinajstić information content (AvgIpc) is 2.46. The molecular formula is C15H13ClO2S. The number of Topliss-reactive ketones (excluding diaryl/α,β-unsaturated/α-hetero) is 1. The van der Waals surface area contributed by atoms with Crippen molar-refractivity contribution in [2.75, 3.05) is 12.9 Å². The summed E-state index contributed by atoms with van der Waals surface area (Å²) in [6, 6.07) is 14.9. The molecule has 0 unspecified atom stereocenters. The van der Waals surface area contributed by atoms with Gasteiger partial charge in [-0.3, -0.25) is 4.79 Å². The molecule has 2 aromatic rings. The maximum atomic E-state index is 12.1. The summed E-state index contributed by atoms with van der Waals surface area (Å²) in [4.78, 5) is 13.2. The number of halogens is 1. The molecule has 0 radical (unpaired) electrons. The number of hydrogen-bond acceptors (Lipinski definition) is 3. The van der Waals surface area contributed by atoms with Gasteiger partial charge in [0.05, 0.1) is 17.9 Å². The van der Waals surface area contributed by atoms with Crippen molar-refractivity contribution >= 4 is 29.1 Å². The molecule has 0 saturated heterocycles. The van der Waals surface area contributed by atoms with Crippen LogP contribution in [0.25, 0.3) is 0 Å². The molecule has 0 N–H and O–H groups in total. The van der Waals surface area contributed by atoms with Gasteiger partial charge in [-0.15, -0.1) is 11.8 Å². The van der Waals surface area contributed by atoms with Crippen LogP contribution in [0.4, 0.5) is 0 Å². The highest BCUT2D eigenvalue weighted by molar-refractivity contribution is 8.00. The summed E-state index contributed by atoms with van der Waals surface area (Å²) in [7, 11) is 1.57. The van der Waals surface area contributed by atoms with Gasteiger partial charge >= 0.3 is 0 Å². The fourth-order valence-electron chi connectivity index (χ4n) is 1.59. The highest BCUT2D eigenvalue weighted by Gasteiger charge is 2.12. The number of thioether (sulfide) groups is 1. The van der Waals surface area contributed by atoms with Crippen LogP contribution in [0.2, 0.25) is 5.02 Å². The second-order valence-corrected chi connectivity index (χ2v) is 5.33. The van der Waals surface area contributed by atoms with E-state index in [0.29, 0.717) is 22.1 Å². The third kappa shape index (κ3) is 3.75. The fourth-order valence-corrected chi connectivity index (χ4v) is 2.61. The quantitative estimate of drug-likeness (QED) is 0.606. The Morgan fingerprint density at radius 1 is 1.21 bits per heavy atom. The first-order valence-corrected chi connectivity index (χ1v) is 7.11. The van der Waals surface area contributed by atoms with E-state index in [9.17, 15) is 4.79 Å². The van der Waals surface area contributed by atoms with Crippen LogP contribution in [-0.2, 0) is 0 Å². The lowest BCUT2D eigenvalue weighted by Crippen LogP contribution is -2.03. The van der Waals surface area contributed by atoms with Crippen LogP contribution in [0.15, 0.2) is 53.4 Å². The van der Waals surface area contributed by atoms with Gasteiger partial charge in [-0.05, 0) is 30.3 Å². The van der Waals surface area contributed by atoms with Gasteiger partial charge in [0, 0.05) is 10.5 Å². The van der Waals surface area contributed by atoms with E-state index in [2.05, 4.69) is 0 Å². The molecule has 2 nitrogen and oxygen atoms in total. The summed E-state index contributed by atoms with van der Waals surface area (Å²) in [5, 5.41) is 0.458. The molecule has 0 aliphatic heterocycles. The summed E-state index contributed by atoms with van der Waals surface area (Å²) in [5.74, 6) is 0.992. The predicted octanol–water partition coefficient (Wildman–Crippen LogP) is 4.32. The topological polar surface area (TPSA) is 26.3 Å². The minimum Gasteiger partial charge on any atom is -0.497 e. The van der Waals surface area contributed by atoms with Gasteiger partial charge in [-0.1, -0.05) is 29.8 Å². The van der Waals surface area contributed by atoms with Crippen molar-refractivity contribution in [3.05, 3.63) is 59.1 Å². The van der Waals surface area contributed by atoms with Crippen LogP contribution in [0.1, 0.15) is 10.4 Å². The molecule has 2 rings (SSSR count). The van der Waals surface area contributed by atoms with Crippen LogP contribution >= 0.6 is 23.4 Å². The van der Waals surface area contributed by atoms with E-state index in [0.717, 1.165) is 4.90 Å². The summed E-state index contributed by atoms with van der Waals surface area (Å²) >= 11 is 7.54. The van der Waals surface area contributed by atoms with Gasteiger partial charge in [-0.25, -0.2) is 0 Å². The first-order chi connectivity index (χ1) is 9.20. The summed E-state index contributed by atoms with van der Waals surface area (Å²) in [5.41, 5.74) is 0.504. The second-order valence-electron chi connectivity index (χ2n) is 3.87. The Kier molecular flexibility index (Phi) is 4.88. The number of ether oxygens (including phenoxy) is 1. The lowest BCUT2D eigenvalue weighted by molar-refractivity contribution is 0.102. The Balaban J connectivity index is 2.08. The van der Waals surface area contributed by atoms with Crippen LogP contribution in [0, 0.1) is 0 Å². The third-order valence-corrected chi connectivity index (χ3v) is 3.93. The van der Waals surface area contributed by atoms with Crippen LogP contribution < -0.4 is 4.74 Å². The minimum absolute atomic E-state index is 0.00208. The van der Waals surface area contributed by atoms with E-state index in [1.807, 2.05) is 30.3 Å². The normalized spacial score (nSPS) is 10.2. The lowest BCUT2D eigenvalue weighted by atomic mass is 10.1. The number of carbonyl (C=O) groups is 1. The number of benzene rings is 2. The standard InChI is InChI=1S/C15H13ClO2S/c1-18-11-7-8-14(16)13(9-11)15(17)10-19-12-5-3-2-4-6-12/h2-9H,10H2,1H3. The molecule has 19 heavy (non-hydrogen) atoms. The first kappa shape index (κ1) is 14.0. The number of ketones is 1. The predicted molar refractivity (Wildman–Crippen MR) is 79.5 cm³/mol. The molecule has 0 atom stereocenters. The van der Waals surface area contributed by atoms with Crippen molar-refractivity contribution in [2.24, 2.45) is 0 Å². The molecule has 0 aliphatic carbocycles. The molecule has 0 heterocycles. The minimum atomic E-state index is -0.00208. The van der Waals surface area contributed by atoms with Gasteiger partial charge in [0.15, 0.2) is 5.78 Å². The number of carbonyl (C=O) groups excluding carboxylic acids is 1. The van der Waals surface area contributed by atoms with E-state index < -0.39 is 0 Å². The Labute approximate surface area is 121 Å². The molecular weight excluding hydrogens is 280 g/mol. The smallest absolute Gasteiger partial charge is 0.174 e.